The van der Waals surface area contributed by atoms with Gasteiger partial charge in [-0.3, -0.25) is 9.19 Å². The van der Waals surface area contributed by atoms with Gasteiger partial charge in [-0.05, 0) is 24.6 Å². The summed E-state index contributed by atoms with van der Waals surface area (Å²) in [5.74, 6) is 1.27. The zero-order chi connectivity index (χ0) is 14.2. The first-order valence-corrected chi connectivity index (χ1v) is 7.90. The fourth-order valence-corrected chi connectivity index (χ4v) is 2.01. The molecule has 2 aromatic heterocycles. The van der Waals surface area contributed by atoms with Gasteiger partial charge in [-0.25, -0.2) is 4.98 Å². The molecule has 0 fully saturated rings. The summed E-state index contributed by atoms with van der Waals surface area (Å²) in [4.78, 5) is 12.2. The van der Waals surface area contributed by atoms with E-state index < -0.39 is 10.8 Å². The lowest BCUT2D eigenvalue weighted by Gasteiger charge is -2.07. The van der Waals surface area contributed by atoms with E-state index in [0.717, 1.165) is 5.69 Å². The Labute approximate surface area is 120 Å². The molecule has 2 rings (SSSR count). The molecule has 7 heteroatoms. The smallest absolute Gasteiger partial charge is 0.318 e. The van der Waals surface area contributed by atoms with E-state index in [1.54, 1.807) is 30.9 Å². The Morgan fingerprint density at radius 2 is 2.05 bits per heavy atom. The molecule has 106 valence electrons. The predicted molar refractivity (Wildman–Crippen MR) is 78.6 cm³/mol. The highest BCUT2D eigenvalue weighted by atomic mass is 32.2. The molecule has 0 aliphatic heterocycles. The molecule has 20 heavy (non-hydrogen) atoms. The number of hydrogen-bond acceptors (Lipinski definition) is 6. The summed E-state index contributed by atoms with van der Waals surface area (Å²) >= 11 is 0. The number of aromatic nitrogens is 3. The van der Waals surface area contributed by atoms with Crippen molar-refractivity contribution in [2.24, 2.45) is 0 Å². The van der Waals surface area contributed by atoms with Crippen molar-refractivity contribution >= 4 is 22.3 Å². The summed E-state index contributed by atoms with van der Waals surface area (Å²) in [7, 11) is -0.793. The van der Waals surface area contributed by atoms with Gasteiger partial charge >= 0.3 is 6.01 Å². The largest absolute Gasteiger partial charge is 0.463 e. The summed E-state index contributed by atoms with van der Waals surface area (Å²) in [6, 6.07) is 5.76. The van der Waals surface area contributed by atoms with Crippen molar-refractivity contribution in [3.63, 3.8) is 0 Å². The van der Waals surface area contributed by atoms with Gasteiger partial charge in [-0.1, -0.05) is 0 Å². The molecule has 6 nitrogen and oxygen atoms in total. The van der Waals surface area contributed by atoms with Gasteiger partial charge < -0.3 is 10.1 Å². The fraction of sp³-hybridized carbons (Fsp3) is 0.308. The number of anilines is 2. The van der Waals surface area contributed by atoms with Crippen LogP contribution in [0, 0.1) is 0 Å². The molecule has 0 aliphatic carbocycles. The van der Waals surface area contributed by atoms with Crippen LogP contribution in [0.1, 0.15) is 6.42 Å². The third-order valence-electron chi connectivity index (χ3n) is 2.39. The second-order valence-corrected chi connectivity index (χ2v) is 5.62. The first-order valence-electron chi connectivity index (χ1n) is 6.17. The van der Waals surface area contributed by atoms with Crippen LogP contribution >= 0.6 is 0 Å². The highest BCUT2D eigenvalue weighted by Crippen LogP contribution is 2.14. The minimum Gasteiger partial charge on any atom is -0.463 e. The highest BCUT2D eigenvalue weighted by molar-refractivity contribution is 7.84. The third-order valence-corrected chi connectivity index (χ3v) is 3.26. The van der Waals surface area contributed by atoms with E-state index in [1.807, 2.05) is 12.1 Å². The molecule has 0 spiro atoms. The Morgan fingerprint density at radius 1 is 1.25 bits per heavy atom. The van der Waals surface area contributed by atoms with Gasteiger partial charge in [0.1, 0.15) is 5.82 Å². The molecule has 0 saturated carbocycles. The SMILES string of the molecule is CS(=O)CCCOc1nccc(Nc2ccncc2)n1. The van der Waals surface area contributed by atoms with Crippen molar-refractivity contribution in [3.8, 4) is 6.01 Å². The first kappa shape index (κ1) is 14.4. The molecule has 2 aromatic rings. The molecule has 0 saturated heterocycles. The summed E-state index contributed by atoms with van der Waals surface area (Å²) in [6.07, 6.45) is 7.42. The van der Waals surface area contributed by atoms with Crippen LogP contribution in [0.15, 0.2) is 36.8 Å². The van der Waals surface area contributed by atoms with Crippen LogP contribution in [-0.2, 0) is 10.8 Å². The van der Waals surface area contributed by atoms with Crippen molar-refractivity contribution in [1.29, 1.82) is 0 Å². The highest BCUT2D eigenvalue weighted by Gasteiger charge is 2.01. The summed E-state index contributed by atoms with van der Waals surface area (Å²) in [5.41, 5.74) is 0.894. The summed E-state index contributed by atoms with van der Waals surface area (Å²) < 4.78 is 16.3. The van der Waals surface area contributed by atoms with Crippen LogP contribution in [0.3, 0.4) is 0 Å². The number of nitrogens with one attached hydrogen (secondary N) is 1. The van der Waals surface area contributed by atoms with Crippen LogP contribution < -0.4 is 10.1 Å². The third kappa shape index (κ3) is 4.93. The van der Waals surface area contributed by atoms with Crippen molar-refractivity contribution < 1.29 is 8.95 Å². The van der Waals surface area contributed by atoms with Crippen LogP contribution in [-0.4, -0.2) is 37.8 Å². The van der Waals surface area contributed by atoms with Crippen LogP contribution in [0.25, 0.3) is 0 Å². The average molecular weight is 292 g/mol. The average Bonchev–Trinajstić information content (AvgIpc) is 2.45. The Morgan fingerprint density at radius 3 is 2.80 bits per heavy atom. The first-order chi connectivity index (χ1) is 9.74. The second kappa shape index (κ2) is 7.54. The van der Waals surface area contributed by atoms with E-state index in [0.29, 0.717) is 30.6 Å². The molecule has 0 bridgehead atoms. The van der Waals surface area contributed by atoms with E-state index in [9.17, 15) is 4.21 Å². The number of pyridine rings is 1. The molecule has 0 aromatic carbocycles. The van der Waals surface area contributed by atoms with Crippen LogP contribution in [0.5, 0.6) is 6.01 Å². The minimum absolute atomic E-state index is 0.311. The van der Waals surface area contributed by atoms with Gasteiger partial charge in [0.05, 0.1) is 6.61 Å². The Kier molecular flexibility index (Phi) is 5.43. The molecular formula is C13H16N4O2S. The Balaban J connectivity index is 1.89. The summed E-state index contributed by atoms with van der Waals surface area (Å²) in [5, 5.41) is 3.13. The quantitative estimate of drug-likeness (QED) is 0.784. The second-order valence-electron chi connectivity index (χ2n) is 4.06. The molecule has 0 amide bonds. The molecule has 0 aliphatic rings. The molecule has 1 unspecified atom stereocenters. The summed E-state index contributed by atoms with van der Waals surface area (Å²) in [6.45, 7) is 0.457. The van der Waals surface area contributed by atoms with Crippen LogP contribution in [0.4, 0.5) is 11.5 Å². The topological polar surface area (TPSA) is 77.0 Å². The lowest BCUT2D eigenvalue weighted by molar-refractivity contribution is 0.293. The molecule has 2 heterocycles. The fourth-order valence-electron chi connectivity index (χ4n) is 1.49. The van der Waals surface area contributed by atoms with Crippen molar-refractivity contribution in [2.75, 3.05) is 23.9 Å². The van der Waals surface area contributed by atoms with E-state index in [2.05, 4.69) is 20.3 Å². The van der Waals surface area contributed by atoms with E-state index in [-0.39, 0.29) is 0 Å². The number of rotatable bonds is 7. The van der Waals surface area contributed by atoms with Gasteiger partial charge in [0.2, 0.25) is 0 Å². The van der Waals surface area contributed by atoms with Crippen molar-refractivity contribution in [3.05, 3.63) is 36.8 Å². The van der Waals surface area contributed by atoms with Gasteiger partial charge in [0.25, 0.3) is 0 Å². The number of nitrogens with zero attached hydrogens (tertiary/aromatic N) is 3. The maximum Gasteiger partial charge on any atom is 0.318 e. The van der Waals surface area contributed by atoms with Gasteiger partial charge in [0.15, 0.2) is 0 Å². The van der Waals surface area contributed by atoms with Crippen molar-refractivity contribution in [2.45, 2.75) is 6.42 Å². The lowest BCUT2D eigenvalue weighted by Crippen LogP contribution is -2.06. The van der Waals surface area contributed by atoms with Crippen LogP contribution in [0.2, 0.25) is 0 Å². The Bertz CT molecular complexity index is 565. The number of ether oxygens (including phenoxy) is 1. The lowest BCUT2D eigenvalue weighted by atomic mass is 10.4. The molecule has 1 N–H and O–H groups in total. The van der Waals surface area contributed by atoms with Crippen molar-refractivity contribution in [1.82, 2.24) is 15.0 Å². The standard InChI is InChI=1S/C13H16N4O2S/c1-20(18)10-2-9-19-13-15-8-5-12(17-13)16-11-3-6-14-7-4-11/h3-8H,2,9-10H2,1H3,(H,14,15,16,17). The van der Waals surface area contributed by atoms with E-state index in [1.165, 1.54) is 0 Å². The maximum atomic E-state index is 10.9. The minimum atomic E-state index is -0.793. The predicted octanol–water partition coefficient (Wildman–Crippen LogP) is 1.76. The molecular weight excluding hydrogens is 276 g/mol. The van der Waals surface area contributed by atoms with E-state index >= 15 is 0 Å². The maximum absolute atomic E-state index is 10.9. The molecule has 1 atom stereocenters. The normalized spacial score (nSPS) is 11.8. The van der Waals surface area contributed by atoms with Gasteiger partial charge in [-0.15, -0.1) is 0 Å². The zero-order valence-electron chi connectivity index (χ0n) is 11.2. The number of hydrogen-bond donors (Lipinski definition) is 1. The Hall–Kier alpha value is -2.02. The zero-order valence-corrected chi connectivity index (χ0v) is 12.0. The molecule has 0 radical (unpaired) electrons. The monoisotopic (exact) mass is 292 g/mol. The van der Waals surface area contributed by atoms with Gasteiger partial charge in [0, 0.05) is 47.1 Å². The van der Waals surface area contributed by atoms with E-state index in [4.69, 9.17) is 4.74 Å². The van der Waals surface area contributed by atoms with Gasteiger partial charge in [-0.2, -0.15) is 4.98 Å².